The average Bonchev–Trinajstić information content (AvgIpc) is 2.82. The molecule has 0 spiro atoms. The molecule has 2 bridgehead atoms. The Hall–Kier alpha value is -2.80. The molecule has 2 aliphatic carbocycles. The van der Waals surface area contributed by atoms with Crippen LogP contribution in [0.2, 0.25) is 0 Å². The van der Waals surface area contributed by atoms with Crippen molar-refractivity contribution in [1.82, 2.24) is 10.3 Å². The van der Waals surface area contributed by atoms with Crippen molar-refractivity contribution >= 4 is 17.5 Å². The number of pyridine rings is 1. The monoisotopic (exact) mass is 494 g/mol. The molecule has 2 amide bonds. The van der Waals surface area contributed by atoms with Gasteiger partial charge in [-0.05, 0) is 79.2 Å². The Labute approximate surface area is 213 Å². The number of benzene rings is 1. The molecule has 7 heteroatoms. The number of carbonyl (C=O) groups is 2. The van der Waals surface area contributed by atoms with Crippen molar-refractivity contribution in [2.24, 2.45) is 34.8 Å². The van der Waals surface area contributed by atoms with Crippen molar-refractivity contribution in [3.63, 3.8) is 0 Å². The summed E-state index contributed by atoms with van der Waals surface area (Å²) in [6, 6.07) is 9.34. The zero-order chi connectivity index (χ0) is 26.1. The van der Waals surface area contributed by atoms with Gasteiger partial charge in [-0.1, -0.05) is 39.8 Å². The summed E-state index contributed by atoms with van der Waals surface area (Å²) in [5.74, 6) is 0.585. The van der Waals surface area contributed by atoms with Crippen LogP contribution in [0.1, 0.15) is 58.9 Å². The van der Waals surface area contributed by atoms with Crippen molar-refractivity contribution in [2.75, 3.05) is 11.9 Å². The van der Waals surface area contributed by atoms with E-state index in [2.05, 4.69) is 22.5 Å². The molecule has 1 aromatic carbocycles. The minimum absolute atomic E-state index is 0.0172. The standard InChI is InChI=1S/C29H39FN4O2/c1-18-13-19-14-20(16-29(4,15-19)27(36)34-23-9-11-32-12-10-23)24(18)25(31)26(35)33-17-28(2,3)21-5-7-22(30)8-6-21/h5-12,18-20,24-25H,13-17,31H2,1-4H3,(H,33,35)(H,32,34,36). The smallest absolute Gasteiger partial charge is 0.237 e. The van der Waals surface area contributed by atoms with E-state index >= 15 is 0 Å². The minimum Gasteiger partial charge on any atom is -0.354 e. The number of hydrogen-bond acceptors (Lipinski definition) is 4. The van der Waals surface area contributed by atoms with Gasteiger partial charge in [-0.2, -0.15) is 0 Å². The summed E-state index contributed by atoms with van der Waals surface area (Å²) >= 11 is 0. The molecule has 4 N–H and O–H groups in total. The average molecular weight is 495 g/mol. The third-order valence-electron chi connectivity index (χ3n) is 8.53. The van der Waals surface area contributed by atoms with E-state index in [-0.39, 0.29) is 34.9 Å². The molecule has 4 rings (SSSR count). The molecular weight excluding hydrogens is 455 g/mol. The lowest BCUT2D eigenvalue weighted by Crippen LogP contribution is -2.56. The Morgan fingerprint density at radius 3 is 2.47 bits per heavy atom. The highest BCUT2D eigenvalue weighted by molar-refractivity contribution is 5.95. The van der Waals surface area contributed by atoms with Crippen LogP contribution in [0.25, 0.3) is 0 Å². The van der Waals surface area contributed by atoms with Crippen LogP contribution < -0.4 is 16.4 Å². The van der Waals surface area contributed by atoms with Gasteiger partial charge in [-0.3, -0.25) is 14.6 Å². The van der Waals surface area contributed by atoms with Crippen LogP contribution in [0.3, 0.4) is 0 Å². The molecule has 2 saturated carbocycles. The molecular formula is C29H39FN4O2. The van der Waals surface area contributed by atoms with Crippen LogP contribution in [0.4, 0.5) is 10.1 Å². The van der Waals surface area contributed by atoms with E-state index in [9.17, 15) is 14.0 Å². The first-order valence-electron chi connectivity index (χ1n) is 13.0. The van der Waals surface area contributed by atoms with Crippen molar-refractivity contribution in [3.05, 3.63) is 60.2 Å². The summed E-state index contributed by atoms with van der Waals surface area (Å²) in [6.07, 6.45) is 6.89. The van der Waals surface area contributed by atoms with Gasteiger partial charge in [0.2, 0.25) is 11.8 Å². The van der Waals surface area contributed by atoms with Gasteiger partial charge in [0, 0.05) is 35.5 Å². The summed E-state index contributed by atoms with van der Waals surface area (Å²) in [5.41, 5.74) is 7.46. The van der Waals surface area contributed by atoms with Crippen LogP contribution in [-0.4, -0.2) is 29.4 Å². The van der Waals surface area contributed by atoms with Crippen molar-refractivity contribution in [1.29, 1.82) is 0 Å². The lowest BCUT2D eigenvalue weighted by Gasteiger charge is -2.51. The van der Waals surface area contributed by atoms with E-state index in [0.29, 0.717) is 18.4 Å². The number of nitrogens with zero attached hydrogens (tertiary/aromatic N) is 1. The fraction of sp³-hybridized carbons (Fsp3) is 0.552. The maximum atomic E-state index is 13.3. The zero-order valence-electron chi connectivity index (χ0n) is 21.8. The maximum Gasteiger partial charge on any atom is 0.237 e. The summed E-state index contributed by atoms with van der Waals surface area (Å²) < 4.78 is 13.3. The maximum absolute atomic E-state index is 13.3. The van der Waals surface area contributed by atoms with Crippen LogP contribution in [-0.2, 0) is 15.0 Å². The number of hydrogen-bond donors (Lipinski definition) is 3. The Bertz CT molecular complexity index is 1070. The molecule has 0 aliphatic heterocycles. The van der Waals surface area contributed by atoms with E-state index in [1.54, 1.807) is 36.7 Å². The van der Waals surface area contributed by atoms with Gasteiger partial charge in [-0.15, -0.1) is 0 Å². The Balaban J connectivity index is 1.42. The number of halogens is 1. The third kappa shape index (κ3) is 5.61. The van der Waals surface area contributed by atoms with Gasteiger partial charge < -0.3 is 16.4 Å². The normalized spacial score (nSPS) is 28.7. The highest BCUT2D eigenvalue weighted by Crippen LogP contribution is 2.53. The minimum atomic E-state index is -0.638. The number of amides is 2. The highest BCUT2D eigenvalue weighted by Gasteiger charge is 2.51. The summed E-state index contributed by atoms with van der Waals surface area (Å²) in [7, 11) is 0. The van der Waals surface area contributed by atoms with Gasteiger partial charge in [-0.25, -0.2) is 4.39 Å². The predicted octanol–water partition coefficient (Wildman–Crippen LogP) is 4.66. The Morgan fingerprint density at radius 2 is 1.81 bits per heavy atom. The highest BCUT2D eigenvalue weighted by atomic mass is 19.1. The molecule has 194 valence electrons. The fourth-order valence-electron chi connectivity index (χ4n) is 6.67. The number of anilines is 1. The van der Waals surface area contributed by atoms with Crippen molar-refractivity contribution < 1.29 is 14.0 Å². The number of nitrogens with two attached hydrogens (primary N) is 1. The molecule has 36 heavy (non-hydrogen) atoms. The second-order valence-corrected chi connectivity index (χ2v) is 11.9. The number of rotatable bonds is 7. The number of fused-ring (bicyclic) bond motifs is 2. The van der Waals surface area contributed by atoms with Gasteiger partial charge in [0.05, 0.1) is 6.04 Å². The number of nitrogens with one attached hydrogen (secondary N) is 2. The first-order valence-corrected chi connectivity index (χ1v) is 13.0. The SMILES string of the molecule is CC1CC2CC(CC(C)(C(=O)Nc3ccncc3)C2)C1C(N)C(=O)NCC(C)(C)c1ccc(F)cc1. The quantitative estimate of drug-likeness (QED) is 0.522. The summed E-state index contributed by atoms with van der Waals surface area (Å²) in [6.45, 7) is 8.69. The molecule has 2 aromatic rings. The summed E-state index contributed by atoms with van der Waals surface area (Å²) in [5, 5.41) is 6.12. The second kappa shape index (κ2) is 10.3. The molecule has 2 fully saturated rings. The largest absolute Gasteiger partial charge is 0.354 e. The van der Waals surface area contributed by atoms with E-state index in [4.69, 9.17) is 5.73 Å². The second-order valence-electron chi connectivity index (χ2n) is 11.9. The zero-order valence-corrected chi connectivity index (χ0v) is 21.8. The van der Waals surface area contributed by atoms with E-state index in [1.165, 1.54) is 12.1 Å². The molecule has 6 atom stereocenters. The molecule has 1 aromatic heterocycles. The van der Waals surface area contributed by atoms with E-state index in [1.807, 2.05) is 20.8 Å². The van der Waals surface area contributed by atoms with Gasteiger partial charge in [0.15, 0.2) is 0 Å². The fourth-order valence-corrected chi connectivity index (χ4v) is 6.67. The van der Waals surface area contributed by atoms with E-state index < -0.39 is 11.5 Å². The number of carbonyl (C=O) groups excluding carboxylic acids is 2. The van der Waals surface area contributed by atoms with Gasteiger partial charge >= 0.3 is 0 Å². The topological polar surface area (TPSA) is 97.1 Å². The van der Waals surface area contributed by atoms with Crippen LogP contribution >= 0.6 is 0 Å². The van der Waals surface area contributed by atoms with Gasteiger partial charge in [0.1, 0.15) is 5.82 Å². The third-order valence-corrected chi connectivity index (χ3v) is 8.53. The Morgan fingerprint density at radius 1 is 1.14 bits per heavy atom. The number of aromatic nitrogens is 1. The molecule has 2 aliphatic rings. The van der Waals surface area contributed by atoms with Crippen LogP contribution in [0, 0.1) is 34.9 Å². The summed E-state index contributed by atoms with van der Waals surface area (Å²) in [4.78, 5) is 30.6. The van der Waals surface area contributed by atoms with Crippen LogP contribution in [0.15, 0.2) is 48.8 Å². The molecule has 6 nitrogen and oxygen atoms in total. The Kier molecular flexibility index (Phi) is 7.51. The van der Waals surface area contributed by atoms with Gasteiger partial charge in [0.25, 0.3) is 0 Å². The molecule has 0 saturated heterocycles. The first-order chi connectivity index (χ1) is 17.0. The van der Waals surface area contributed by atoms with Crippen LogP contribution in [0.5, 0.6) is 0 Å². The first kappa shape index (κ1) is 26.3. The lowest BCUT2D eigenvalue weighted by atomic mass is 9.54. The molecule has 0 radical (unpaired) electrons. The van der Waals surface area contributed by atoms with E-state index in [0.717, 1.165) is 36.9 Å². The molecule has 6 unspecified atom stereocenters. The van der Waals surface area contributed by atoms with Crippen molar-refractivity contribution in [3.8, 4) is 0 Å². The van der Waals surface area contributed by atoms with Crippen molar-refractivity contribution in [2.45, 2.75) is 64.8 Å². The lowest BCUT2D eigenvalue weighted by molar-refractivity contribution is -0.133. The molecule has 1 heterocycles. The predicted molar refractivity (Wildman–Crippen MR) is 139 cm³/mol.